The third-order valence-corrected chi connectivity index (χ3v) is 2.83. The summed E-state index contributed by atoms with van der Waals surface area (Å²) >= 11 is 6.09. The van der Waals surface area contributed by atoms with Crippen LogP contribution in [0.1, 0.15) is 6.42 Å². The summed E-state index contributed by atoms with van der Waals surface area (Å²) < 4.78 is 6.57. The van der Waals surface area contributed by atoms with Crippen LogP contribution in [-0.2, 0) is 16.1 Å². The number of hydrogen-bond donors (Lipinski definition) is 0. The molecule has 84 valence electrons. The number of halogens is 1. The molecule has 1 aromatic heterocycles. The summed E-state index contributed by atoms with van der Waals surface area (Å²) in [6.45, 7) is 0.583. The van der Waals surface area contributed by atoms with Crippen LogP contribution < -0.4 is 0 Å². The van der Waals surface area contributed by atoms with Crippen molar-refractivity contribution in [3.05, 3.63) is 35.5 Å². The predicted molar refractivity (Wildman–Crippen MR) is 63.6 cm³/mol. The zero-order valence-corrected chi connectivity index (χ0v) is 9.70. The molecule has 2 aromatic rings. The third-order valence-electron chi connectivity index (χ3n) is 2.52. The molecular weight excluding hydrogens is 226 g/mol. The van der Waals surface area contributed by atoms with Crippen LogP contribution in [-0.4, -0.2) is 17.6 Å². The number of carbonyl (C=O) groups excluding carboxylic acids is 1. The zero-order valence-electron chi connectivity index (χ0n) is 8.94. The molecule has 0 saturated heterocycles. The fourth-order valence-corrected chi connectivity index (χ4v) is 1.98. The second-order valence-electron chi connectivity index (χ2n) is 3.51. The van der Waals surface area contributed by atoms with Gasteiger partial charge in [0, 0.05) is 23.6 Å². The predicted octanol–water partition coefficient (Wildman–Crippen LogP) is 2.86. The van der Waals surface area contributed by atoms with Crippen LogP contribution in [0.25, 0.3) is 10.9 Å². The molecule has 0 aliphatic heterocycles. The first kappa shape index (κ1) is 11.0. The van der Waals surface area contributed by atoms with Crippen LogP contribution in [0.15, 0.2) is 30.5 Å². The van der Waals surface area contributed by atoms with Gasteiger partial charge in [0.2, 0.25) is 0 Å². The molecule has 0 bridgehead atoms. The van der Waals surface area contributed by atoms with Gasteiger partial charge in [0.05, 0.1) is 18.6 Å². The molecule has 1 heterocycles. The van der Waals surface area contributed by atoms with Crippen LogP contribution in [0.3, 0.4) is 0 Å². The average molecular weight is 238 g/mol. The van der Waals surface area contributed by atoms with Crippen LogP contribution in [0.2, 0.25) is 5.02 Å². The SMILES string of the molecule is COC(=O)CCn1cc(Cl)c2ccccc21. The number of benzene rings is 1. The molecule has 1 aromatic carbocycles. The third kappa shape index (κ3) is 2.04. The molecule has 0 unspecified atom stereocenters. The smallest absolute Gasteiger partial charge is 0.307 e. The normalized spacial score (nSPS) is 10.6. The van der Waals surface area contributed by atoms with Crippen molar-refractivity contribution in [1.29, 1.82) is 0 Å². The molecule has 3 nitrogen and oxygen atoms in total. The molecule has 0 aliphatic carbocycles. The van der Waals surface area contributed by atoms with Gasteiger partial charge < -0.3 is 9.30 Å². The van der Waals surface area contributed by atoms with Crippen molar-refractivity contribution in [3.63, 3.8) is 0 Å². The van der Waals surface area contributed by atoms with Crippen LogP contribution in [0.4, 0.5) is 0 Å². The van der Waals surface area contributed by atoms with Gasteiger partial charge in [0.1, 0.15) is 0 Å². The summed E-state index contributed by atoms with van der Waals surface area (Å²) in [7, 11) is 1.39. The largest absolute Gasteiger partial charge is 0.469 e. The lowest BCUT2D eigenvalue weighted by Gasteiger charge is -2.03. The first-order valence-corrected chi connectivity index (χ1v) is 5.40. The van der Waals surface area contributed by atoms with E-state index in [1.54, 1.807) is 0 Å². The molecule has 16 heavy (non-hydrogen) atoms. The second-order valence-corrected chi connectivity index (χ2v) is 3.92. The van der Waals surface area contributed by atoms with E-state index in [9.17, 15) is 4.79 Å². The first-order chi connectivity index (χ1) is 7.72. The maximum atomic E-state index is 11.1. The van der Waals surface area contributed by atoms with Crippen molar-refractivity contribution in [1.82, 2.24) is 4.57 Å². The maximum absolute atomic E-state index is 11.1. The minimum absolute atomic E-state index is 0.214. The number of methoxy groups -OCH3 is 1. The average Bonchev–Trinajstić information content (AvgIpc) is 2.64. The van der Waals surface area contributed by atoms with Gasteiger partial charge in [-0.2, -0.15) is 0 Å². The number of hydrogen-bond acceptors (Lipinski definition) is 2. The van der Waals surface area contributed by atoms with Gasteiger partial charge in [-0.25, -0.2) is 0 Å². The molecule has 2 rings (SSSR count). The van der Waals surface area contributed by atoms with Crippen LogP contribution in [0.5, 0.6) is 0 Å². The Morgan fingerprint density at radius 3 is 2.94 bits per heavy atom. The highest BCUT2D eigenvalue weighted by Crippen LogP contribution is 2.25. The Labute approximate surface area is 98.6 Å². The first-order valence-electron chi connectivity index (χ1n) is 5.02. The number of ether oxygens (including phenoxy) is 1. The van der Waals surface area contributed by atoms with Crippen LogP contribution in [0, 0.1) is 0 Å². The lowest BCUT2D eigenvalue weighted by Crippen LogP contribution is -2.05. The molecule has 0 fully saturated rings. The molecule has 0 amide bonds. The summed E-state index contributed by atoms with van der Waals surface area (Å²) in [5.41, 5.74) is 1.04. The number of para-hydroxylation sites is 1. The topological polar surface area (TPSA) is 31.2 Å². The summed E-state index contributed by atoms with van der Waals surface area (Å²) in [5, 5.41) is 1.72. The zero-order chi connectivity index (χ0) is 11.5. The number of aryl methyl sites for hydroxylation is 1. The fraction of sp³-hybridized carbons (Fsp3) is 0.250. The number of carbonyl (C=O) groups is 1. The summed E-state index contributed by atoms with van der Waals surface area (Å²) in [6.07, 6.45) is 2.20. The molecule has 4 heteroatoms. The van der Waals surface area contributed by atoms with Crippen molar-refractivity contribution < 1.29 is 9.53 Å². The molecule has 0 N–H and O–H groups in total. The summed E-state index contributed by atoms with van der Waals surface area (Å²) in [6, 6.07) is 7.84. The maximum Gasteiger partial charge on any atom is 0.307 e. The Morgan fingerprint density at radius 2 is 2.19 bits per heavy atom. The minimum atomic E-state index is -0.214. The van der Waals surface area contributed by atoms with E-state index in [-0.39, 0.29) is 5.97 Å². The number of esters is 1. The Kier molecular flexibility index (Phi) is 3.15. The van der Waals surface area contributed by atoms with Gasteiger partial charge in [-0.1, -0.05) is 29.8 Å². The Hall–Kier alpha value is -1.48. The second kappa shape index (κ2) is 4.58. The number of aromatic nitrogens is 1. The molecule has 0 radical (unpaired) electrons. The monoisotopic (exact) mass is 237 g/mol. The Balaban J connectivity index is 2.27. The van der Waals surface area contributed by atoms with Gasteiger partial charge in [0.25, 0.3) is 0 Å². The summed E-state index contributed by atoms with van der Waals surface area (Å²) in [4.78, 5) is 11.1. The van der Waals surface area contributed by atoms with E-state index < -0.39 is 0 Å². The quantitative estimate of drug-likeness (QED) is 0.769. The number of rotatable bonds is 3. The Morgan fingerprint density at radius 1 is 1.44 bits per heavy atom. The van der Waals surface area contributed by atoms with E-state index in [0.717, 1.165) is 10.9 Å². The highest BCUT2D eigenvalue weighted by Gasteiger charge is 2.07. The van der Waals surface area contributed by atoms with Crippen molar-refractivity contribution in [2.45, 2.75) is 13.0 Å². The van der Waals surface area contributed by atoms with Crippen molar-refractivity contribution in [2.24, 2.45) is 0 Å². The highest BCUT2D eigenvalue weighted by molar-refractivity contribution is 6.35. The molecule has 0 atom stereocenters. The lowest BCUT2D eigenvalue weighted by atomic mass is 10.2. The molecule has 0 saturated carbocycles. The molecule has 0 aliphatic rings. The Bertz CT molecular complexity index is 519. The van der Waals surface area contributed by atoms with Crippen molar-refractivity contribution >= 4 is 28.5 Å². The molecule has 0 spiro atoms. The van der Waals surface area contributed by atoms with Crippen molar-refractivity contribution in [3.8, 4) is 0 Å². The van der Waals surface area contributed by atoms with E-state index in [0.29, 0.717) is 18.0 Å². The van der Waals surface area contributed by atoms with Gasteiger partial charge in [-0.05, 0) is 6.07 Å². The van der Waals surface area contributed by atoms with Gasteiger partial charge in [-0.15, -0.1) is 0 Å². The van der Waals surface area contributed by atoms with Gasteiger partial charge >= 0.3 is 5.97 Å². The van der Waals surface area contributed by atoms with Crippen LogP contribution >= 0.6 is 11.6 Å². The van der Waals surface area contributed by atoms with Gasteiger partial charge in [0.15, 0.2) is 0 Å². The van der Waals surface area contributed by atoms with E-state index >= 15 is 0 Å². The number of nitrogens with zero attached hydrogens (tertiary/aromatic N) is 1. The van der Waals surface area contributed by atoms with E-state index in [1.807, 2.05) is 35.0 Å². The molecular formula is C12H12ClNO2. The number of fused-ring (bicyclic) bond motifs is 1. The van der Waals surface area contributed by atoms with Crippen molar-refractivity contribution in [2.75, 3.05) is 7.11 Å². The van der Waals surface area contributed by atoms with Gasteiger partial charge in [-0.3, -0.25) is 4.79 Å². The highest BCUT2D eigenvalue weighted by atomic mass is 35.5. The van der Waals surface area contributed by atoms with E-state index in [4.69, 9.17) is 11.6 Å². The van der Waals surface area contributed by atoms with E-state index in [2.05, 4.69) is 4.74 Å². The minimum Gasteiger partial charge on any atom is -0.469 e. The lowest BCUT2D eigenvalue weighted by molar-refractivity contribution is -0.140. The fourth-order valence-electron chi connectivity index (χ4n) is 1.70. The summed E-state index contributed by atoms with van der Waals surface area (Å²) in [5.74, 6) is -0.214. The van der Waals surface area contributed by atoms with E-state index in [1.165, 1.54) is 7.11 Å². The standard InChI is InChI=1S/C12H12ClNO2/c1-16-12(15)6-7-14-8-10(13)9-4-2-3-5-11(9)14/h2-5,8H,6-7H2,1H3.